The van der Waals surface area contributed by atoms with E-state index in [1.54, 1.807) is 0 Å². The second-order valence-electron chi connectivity index (χ2n) is 7.82. The SMILES string of the molecule is Cc1ccc2c(c1)ncn2C1CCN(CCC(C)c2ccccc2)CC1. The van der Waals surface area contributed by atoms with Crippen LogP contribution in [0.15, 0.2) is 54.9 Å². The summed E-state index contributed by atoms with van der Waals surface area (Å²) in [6.45, 7) is 8.07. The third kappa shape index (κ3) is 3.68. The highest BCUT2D eigenvalue weighted by Crippen LogP contribution is 2.28. The number of hydrogen-bond donors (Lipinski definition) is 0. The normalized spacial score (nSPS) is 17.6. The number of aromatic nitrogens is 2. The summed E-state index contributed by atoms with van der Waals surface area (Å²) in [4.78, 5) is 7.25. The average Bonchev–Trinajstić information content (AvgIpc) is 3.10. The minimum Gasteiger partial charge on any atom is -0.327 e. The molecule has 1 aliphatic rings. The molecular weight excluding hydrogens is 318 g/mol. The molecule has 0 saturated carbocycles. The van der Waals surface area contributed by atoms with Gasteiger partial charge in [-0.15, -0.1) is 0 Å². The highest BCUT2D eigenvalue weighted by molar-refractivity contribution is 5.76. The zero-order valence-electron chi connectivity index (χ0n) is 15.9. The van der Waals surface area contributed by atoms with E-state index in [2.05, 4.69) is 76.8 Å². The van der Waals surface area contributed by atoms with Crippen molar-refractivity contribution in [1.29, 1.82) is 0 Å². The standard InChI is InChI=1S/C23H29N3/c1-18-8-9-23-22(16-18)24-17-26(23)21-11-14-25(15-12-21)13-10-19(2)20-6-4-3-5-7-20/h3-9,16-17,19,21H,10-15H2,1-2H3. The van der Waals surface area contributed by atoms with Crippen LogP contribution in [0.4, 0.5) is 0 Å². The predicted molar refractivity (Wildman–Crippen MR) is 109 cm³/mol. The van der Waals surface area contributed by atoms with E-state index in [4.69, 9.17) is 0 Å². The number of rotatable bonds is 5. The summed E-state index contributed by atoms with van der Waals surface area (Å²) in [5.41, 5.74) is 5.16. The highest BCUT2D eigenvalue weighted by atomic mass is 15.2. The molecule has 3 heteroatoms. The van der Waals surface area contributed by atoms with E-state index in [0.717, 1.165) is 5.52 Å². The molecule has 3 nitrogen and oxygen atoms in total. The topological polar surface area (TPSA) is 21.1 Å². The van der Waals surface area contributed by atoms with Crippen molar-refractivity contribution >= 4 is 11.0 Å². The zero-order chi connectivity index (χ0) is 17.9. The maximum atomic E-state index is 4.62. The lowest BCUT2D eigenvalue weighted by molar-refractivity contribution is 0.184. The van der Waals surface area contributed by atoms with Gasteiger partial charge in [0.25, 0.3) is 0 Å². The van der Waals surface area contributed by atoms with Crippen LogP contribution in [0.25, 0.3) is 11.0 Å². The molecule has 136 valence electrons. The van der Waals surface area contributed by atoms with E-state index in [1.807, 2.05) is 6.33 Å². The Hall–Kier alpha value is -2.13. The number of nitrogens with zero attached hydrogens (tertiary/aromatic N) is 3. The van der Waals surface area contributed by atoms with Gasteiger partial charge in [-0.05, 0) is 61.9 Å². The van der Waals surface area contributed by atoms with Gasteiger partial charge in [0.15, 0.2) is 0 Å². The maximum absolute atomic E-state index is 4.62. The molecule has 0 N–H and O–H groups in total. The third-order valence-corrected chi connectivity index (χ3v) is 5.93. The second kappa shape index (κ2) is 7.63. The molecule has 2 heterocycles. The van der Waals surface area contributed by atoms with E-state index in [1.165, 1.54) is 55.5 Å². The molecular formula is C23H29N3. The Kier molecular flexibility index (Phi) is 5.07. The van der Waals surface area contributed by atoms with Crippen molar-refractivity contribution in [2.75, 3.05) is 19.6 Å². The molecule has 0 aliphatic carbocycles. The molecule has 1 fully saturated rings. The van der Waals surface area contributed by atoms with Crippen LogP contribution in [0.1, 0.15) is 49.3 Å². The summed E-state index contributed by atoms with van der Waals surface area (Å²) in [7, 11) is 0. The predicted octanol–water partition coefficient (Wildman–Crippen LogP) is 5.18. The quantitative estimate of drug-likeness (QED) is 0.634. The molecule has 1 atom stereocenters. The molecule has 26 heavy (non-hydrogen) atoms. The molecule has 1 saturated heterocycles. The molecule has 3 aromatic rings. The summed E-state index contributed by atoms with van der Waals surface area (Å²) in [6, 6.07) is 18.1. The van der Waals surface area contributed by atoms with Gasteiger partial charge in [-0.3, -0.25) is 0 Å². The van der Waals surface area contributed by atoms with Crippen LogP contribution in [-0.4, -0.2) is 34.1 Å². The molecule has 0 bridgehead atoms. The minimum atomic E-state index is 0.588. The smallest absolute Gasteiger partial charge is 0.0960 e. The van der Waals surface area contributed by atoms with E-state index in [0.29, 0.717) is 12.0 Å². The van der Waals surface area contributed by atoms with Gasteiger partial charge >= 0.3 is 0 Å². The van der Waals surface area contributed by atoms with Crippen molar-refractivity contribution in [3.63, 3.8) is 0 Å². The Morgan fingerprint density at radius 2 is 1.85 bits per heavy atom. The molecule has 0 spiro atoms. The largest absolute Gasteiger partial charge is 0.327 e. The maximum Gasteiger partial charge on any atom is 0.0960 e. The molecule has 1 aliphatic heterocycles. The van der Waals surface area contributed by atoms with Crippen molar-refractivity contribution in [1.82, 2.24) is 14.5 Å². The monoisotopic (exact) mass is 347 g/mol. The number of imidazole rings is 1. The summed E-state index contributed by atoms with van der Waals surface area (Å²) < 4.78 is 2.40. The lowest BCUT2D eigenvalue weighted by Gasteiger charge is -2.33. The molecule has 0 amide bonds. The van der Waals surface area contributed by atoms with Crippen LogP contribution in [0.5, 0.6) is 0 Å². The van der Waals surface area contributed by atoms with Gasteiger partial charge in [-0.2, -0.15) is 0 Å². The Morgan fingerprint density at radius 1 is 1.08 bits per heavy atom. The first-order chi connectivity index (χ1) is 12.7. The van der Waals surface area contributed by atoms with Crippen LogP contribution in [-0.2, 0) is 0 Å². The lowest BCUT2D eigenvalue weighted by Crippen LogP contribution is -2.35. The molecule has 1 aromatic heterocycles. The highest BCUT2D eigenvalue weighted by Gasteiger charge is 2.22. The van der Waals surface area contributed by atoms with Crippen molar-refractivity contribution < 1.29 is 0 Å². The van der Waals surface area contributed by atoms with Gasteiger partial charge in [0, 0.05) is 19.1 Å². The summed E-state index contributed by atoms with van der Waals surface area (Å²) in [5.74, 6) is 0.634. The van der Waals surface area contributed by atoms with Crippen molar-refractivity contribution in [2.45, 2.75) is 45.1 Å². The third-order valence-electron chi connectivity index (χ3n) is 5.93. The average molecular weight is 348 g/mol. The number of fused-ring (bicyclic) bond motifs is 1. The number of benzene rings is 2. The summed E-state index contributed by atoms with van der Waals surface area (Å²) in [6.07, 6.45) is 5.72. The molecule has 4 rings (SSSR count). The van der Waals surface area contributed by atoms with Crippen LogP contribution in [0.2, 0.25) is 0 Å². The van der Waals surface area contributed by atoms with Gasteiger partial charge < -0.3 is 9.47 Å². The van der Waals surface area contributed by atoms with Gasteiger partial charge in [0.05, 0.1) is 17.4 Å². The Bertz CT molecular complexity index is 844. The number of likely N-dealkylation sites (tertiary alicyclic amines) is 1. The van der Waals surface area contributed by atoms with E-state index >= 15 is 0 Å². The summed E-state index contributed by atoms with van der Waals surface area (Å²) >= 11 is 0. The number of piperidine rings is 1. The van der Waals surface area contributed by atoms with Crippen molar-refractivity contribution in [3.8, 4) is 0 Å². The Balaban J connectivity index is 1.32. The number of aryl methyl sites for hydroxylation is 1. The van der Waals surface area contributed by atoms with Crippen LogP contribution < -0.4 is 0 Å². The van der Waals surface area contributed by atoms with Gasteiger partial charge in [0.2, 0.25) is 0 Å². The van der Waals surface area contributed by atoms with Crippen LogP contribution in [0.3, 0.4) is 0 Å². The lowest BCUT2D eigenvalue weighted by atomic mass is 9.97. The molecule has 2 aromatic carbocycles. The van der Waals surface area contributed by atoms with E-state index < -0.39 is 0 Å². The Morgan fingerprint density at radius 3 is 2.62 bits per heavy atom. The van der Waals surface area contributed by atoms with Crippen LogP contribution >= 0.6 is 0 Å². The number of hydrogen-bond acceptors (Lipinski definition) is 2. The van der Waals surface area contributed by atoms with Crippen LogP contribution in [0, 0.1) is 6.92 Å². The zero-order valence-corrected chi connectivity index (χ0v) is 15.9. The Labute approximate surface area is 156 Å². The second-order valence-corrected chi connectivity index (χ2v) is 7.82. The van der Waals surface area contributed by atoms with Gasteiger partial charge in [0.1, 0.15) is 0 Å². The minimum absolute atomic E-state index is 0.588. The fraction of sp³-hybridized carbons (Fsp3) is 0.435. The first kappa shape index (κ1) is 17.3. The molecule has 0 radical (unpaired) electrons. The van der Waals surface area contributed by atoms with Gasteiger partial charge in [-0.1, -0.05) is 43.3 Å². The first-order valence-electron chi connectivity index (χ1n) is 9.91. The molecule has 1 unspecified atom stereocenters. The first-order valence-corrected chi connectivity index (χ1v) is 9.91. The van der Waals surface area contributed by atoms with E-state index in [9.17, 15) is 0 Å². The van der Waals surface area contributed by atoms with Crippen molar-refractivity contribution in [3.05, 3.63) is 66.0 Å². The van der Waals surface area contributed by atoms with Gasteiger partial charge in [-0.25, -0.2) is 4.98 Å². The van der Waals surface area contributed by atoms with E-state index in [-0.39, 0.29) is 0 Å². The van der Waals surface area contributed by atoms with Crippen molar-refractivity contribution in [2.24, 2.45) is 0 Å². The fourth-order valence-corrected chi connectivity index (χ4v) is 4.18. The fourth-order valence-electron chi connectivity index (χ4n) is 4.18. The summed E-state index contributed by atoms with van der Waals surface area (Å²) in [5, 5.41) is 0.